The molecule has 0 saturated carbocycles. The van der Waals surface area contributed by atoms with Crippen LogP contribution < -0.4 is 0 Å². The molecule has 5 nitrogen and oxygen atoms in total. The maximum atomic E-state index is 12.4. The lowest BCUT2D eigenvalue weighted by molar-refractivity contribution is -0.141. The van der Waals surface area contributed by atoms with E-state index in [-0.39, 0.29) is 12.5 Å². The fourth-order valence-electron chi connectivity index (χ4n) is 1.77. The van der Waals surface area contributed by atoms with Crippen LogP contribution in [-0.2, 0) is 9.53 Å². The molecule has 20 heavy (non-hydrogen) atoms. The highest BCUT2D eigenvalue weighted by atomic mass is 16.5. The third kappa shape index (κ3) is 4.35. The third-order valence-corrected chi connectivity index (χ3v) is 3.06. The van der Waals surface area contributed by atoms with Gasteiger partial charge in [0.1, 0.15) is 6.04 Å². The van der Waals surface area contributed by atoms with E-state index in [4.69, 9.17) is 9.84 Å². The number of carboxylic acid groups (broad SMARTS) is 1. The minimum Gasteiger partial charge on any atom is -0.480 e. The summed E-state index contributed by atoms with van der Waals surface area (Å²) >= 11 is 0. The van der Waals surface area contributed by atoms with Crippen LogP contribution in [0.25, 0.3) is 0 Å². The third-order valence-electron chi connectivity index (χ3n) is 3.06. The van der Waals surface area contributed by atoms with Gasteiger partial charge in [-0.05, 0) is 32.9 Å². The second-order valence-electron chi connectivity index (χ2n) is 4.58. The van der Waals surface area contributed by atoms with Crippen molar-refractivity contribution in [3.05, 3.63) is 35.4 Å². The Labute approximate surface area is 119 Å². The van der Waals surface area contributed by atoms with E-state index in [1.807, 2.05) is 26.0 Å². The fraction of sp³-hybridized carbons (Fsp3) is 0.467. The van der Waals surface area contributed by atoms with Crippen molar-refractivity contribution in [2.24, 2.45) is 0 Å². The number of aliphatic carboxylic acids is 1. The van der Waals surface area contributed by atoms with Crippen LogP contribution in [0, 0.1) is 6.92 Å². The summed E-state index contributed by atoms with van der Waals surface area (Å²) in [4.78, 5) is 24.9. The molecule has 0 aliphatic carbocycles. The zero-order valence-electron chi connectivity index (χ0n) is 12.1. The molecule has 0 radical (unpaired) electrons. The molecule has 0 fully saturated rings. The van der Waals surface area contributed by atoms with E-state index in [0.717, 1.165) is 5.56 Å². The van der Waals surface area contributed by atoms with Gasteiger partial charge in [0, 0.05) is 18.7 Å². The smallest absolute Gasteiger partial charge is 0.326 e. The number of amides is 1. The predicted molar refractivity (Wildman–Crippen MR) is 75.8 cm³/mol. The number of carbonyl (C=O) groups excluding carboxylic acids is 1. The molecule has 1 amide bonds. The first-order valence-corrected chi connectivity index (χ1v) is 6.65. The van der Waals surface area contributed by atoms with Crippen LogP contribution in [0.1, 0.15) is 29.8 Å². The predicted octanol–water partition coefficient (Wildman–Crippen LogP) is 1.95. The topological polar surface area (TPSA) is 66.8 Å². The molecule has 1 aromatic carbocycles. The SMILES string of the molecule is CCOCCN(C(=O)c1ccc(C)cc1)C(C)C(=O)O. The van der Waals surface area contributed by atoms with Crippen LogP contribution in [0.15, 0.2) is 24.3 Å². The quantitative estimate of drug-likeness (QED) is 0.775. The van der Waals surface area contributed by atoms with Gasteiger partial charge < -0.3 is 14.7 Å². The summed E-state index contributed by atoms with van der Waals surface area (Å²) in [6, 6.07) is 6.20. The Morgan fingerprint density at radius 3 is 2.40 bits per heavy atom. The van der Waals surface area contributed by atoms with Gasteiger partial charge in [0.05, 0.1) is 6.61 Å². The van der Waals surface area contributed by atoms with E-state index in [9.17, 15) is 9.59 Å². The average molecular weight is 279 g/mol. The molecular weight excluding hydrogens is 258 g/mol. The number of nitrogens with zero attached hydrogens (tertiary/aromatic N) is 1. The van der Waals surface area contributed by atoms with E-state index in [1.165, 1.54) is 11.8 Å². The van der Waals surface area contributed by atoms with Gasteiger partial charge in [0.15, 0.2) is 0 Å². The van der Waals surface area contributed by atoms with Crippen molar-refractivity contribution in [1.29, 1.82) is 0 Å². The number of hydrogen-bond donors (Lipinski definition) is 1. The van der Waals surface area contributed by atoms with Crippen molar-refractivity contribution in [2.75, 3.05) is 19.8 Å². The van der Waals surface area contributed by atoms with Gasteiger partial charge in [0.25, 0.3) is 5.91 Å². The second kappa shape index (κ2) is 7.65. The van der Waals surface area contributed by atoms with Gasteiger partial charge in [-0.1, -0.05) is 17.7 Å². The minimum atomic E-state index is -1.03. The largest absolute Gasteiger partial charge is 0.480 e. The van der Waals surface area contributed by atoms with Crippen LogP contribution in [0.4, 0.5) is 0 Å². The molecule has 1 unspecified atom stereocenters. The van der Waals surface area contributed by atoms with Crippen molar-refractivity contribution in [3.63, 3.8) is 0 Å². The minimum absolute atomic E-state index is 0.258. The lowest BCUT2D eigenvalue weighted by Gasteiger charge is -2.26. The van der Waals surface area contributed by atoms with Crippen molar-refractivity contribution in [1.82, 2.24) is 4.90 Å². The van der Waals surface area contributed by atoms with Crippen molar-refractivity contribution in [2.45, 2.75) is 26.8 Å². The number of benzene rings is 1. The molecule has 0 saturated heterocycles. The molecule has 1 rings (SSSR count). The first-order chi connectivity index (χ1) is 9.47. The van der Waals surface area contributed by atoms with Crippen molar-refractivity contribution < 1.29 is 19.4 Å². The zero-order chi connectivity index (χ0) is 15.1. The van der Waals surface area contributed by atoms with E-state index in [2.05, 4.69) is 0 Å². The Morgan fingerprint density at radius 2 is 1.90 bits per heavy atom. The molecule has 5 heteroatoms. The Kier molecular flexibility index (Phi) is 6.18. The maximum Gasteiger partial charge on any atom is 0.326 e. The van der Waals surface area contributed by atoms with Gasteiger partial charge in [-0.2, -0.15) is 0 Å². The standard InChI is InChI=1S/C15H21NO4/c1-4-20-10-9-16(12(3)15(18)19)14(17)13-7-5-11(2)6-8-13/h5-8,12H,4,9-10H2,1-3H3,(H,18,19). The molecular formula is C15H21NO4. The zero-order valence-corrected chi connectivity index (χ0v) is 12.1. The fourth-order valence-corrected chi connectivity index (χ4v) is 1.77. The molecule has 0 spiro atoms. The molecule has 0 aliphatic rings. The molecule has 1 N–H and O–H groups in total. The Hall–Kier alpha value is -1.88. The van der Waals surface area contributed by atoms with Gasteiger partial charge in [-0.3, -0.25) is 4.79 Å². The molecule has 0 aromatic heterocycles. The van der Waals surface area contributed by atoms with Crippen LogP contribution in [0.3, 0.4) is 0 Å². The normalized spacial score (nSPS) is 11.9. The van der Waals surface area contributed by atoms with Gasteiger partial charge in [0.2, 0.25) is 0 Å². The highest BCUT2D eigenvalue weighted by Crippen LogP contribution is 2.10. The van der Waals surface area contributed by atoms with E-state index in [0.29, 0.717) is 18.8 Å². The lowest BCUT2D eigenvalue weighted by Crippen LogP contribution is -2.45. The average Bonchev–Trinajstić information content (AvgIpc) is 2.43. The molecule has 0 bridgehead atoms. The number of carbonyl (C=O) groups is 2. The maximum absolute atomic E-state index is 12.4. The van der Waals surface area contributed by atoms with Crippen LogP contribution in [-0.4, -0.2) is 47.7 Å². The van der Waals surface area contributed by atoms with Crippen LogP contribution in [0.2, 0.25) is 0 Å². The molecule has 1 atom stereocenters. The van der Waals surface area contributed by atoms with Gasteiger partial charge >= 0.3 is 5.97 Å². The first-order valence-electron chi connectivity index (χ1n) is 6.65. The monoisotopic (exact) mass is 279 g/mol. The number of ether oxygens (including phenoxy) is 1. The first kappa shape index (κ1) is 16.2. The summed E-state index contributed by atoms with van der Waals surface area (Å²) < 4.78 is 5.21. The highest BCUT2D eigenvalue weighted by Gasteiger charge is 2.26. The van der Waals surface area contributed by atoms with E-state index >= 15 is 0 Å². The van der Waals surface area contributed by atoms with Crippen LogP contribution >= 0.6 is 0 Å². The number of hydrogen-bond acceptors (Lipinski definition) is 3. The number of rotatable bonds is 7. The Balaban J connectivity index is 2.88. The number of aryl methyl sites for hydroxylation is 1. The second-order valence-corrected chi connectivity index (χ2v) is 4.58. The summed E-state index contributed by atoms with van der Waals surface area (Å²) in [5, 5.41) is 9.11. The molecule has 110 valence electrons. The van der Waals surface area contributed by atoms with E-state index in [1.54, 1.807) is 12.1 Å². The summed E-state index contributed by atoms with van der Waals surface area (Å²) in [6.07, 6.45) is 0. The lowest BCUT2D eigenvalue weighted by atomic mass is 10.1. The Morgan fingerprint density at radius 1 is 1.30 bits per heavy atom. The summed E-state index contributed by atoms with van der Waals surface area (Å²) in [6.45, 7) is 6.40. The molecule has 0 heterocycles. The van der Waals surface area contributed by atoms with Crippen molar-refractivity contribution in [3.8, 4) is 0 Å². The highest BCUT2D eigenvalue weighted by molar-refractivity contribution is 5.96. The molecule has 1 aromatic rings. The van der Waals surface area contributed by atoms with Gasteiger partial charge in [-0.15, -0.1) is 0 Å². The molecule has 0 aliphatic heterocycles. The van der Waals surface area contributed by atoms with Crippen LogP contribution in [0.5, 0.6) is 0 Å². The Bertz CT molecular complexity index is 455. The summed E-state index contributed by atoms with van der Waals surface area (Å²) in [5.74, 6) is -1.32. The van der Waals surface area contributed by atoms with Crippen molar-refractivity contribution >= 4 is 11.9 Å². The van der Waals surface area contributed by atoms with E-state index < -0.39 is 12.0 Å². The number of carboxylic acids is 1. The summed E-state index contributed by atoms with van der Waals surface area (Å²) in [5.41, 5.74) is 1.54. The van der Waals surface area contributed by atoms with Gasteiger partial charge in [-0.25, -0.2) is 4.79 Å². The summed E-state index contributed by atoms with van der Waals surface area (Å²) in [7, 11) is 0.